The lowest BCUT2D eigenvalue weighted by Gasteiger charge is -2.39. The number of anilines is 1. The number of nitrogens with zero attached hydrogens (tertiary/aromatic N) is 3. The van der Waals surface area contributed by atoms with E-state index >= 15 is 0 Å². The Labute approximate surface area is 202 Å². The fourth-order valence-electron chi connectivity index (χ4n) is 3.63. The quantitative estimate of drug-likeness (QED) is 0.542. The molecular formula is C23H25N5O4S2. The summed E-state index contributed by atoms with van der Waals surface area (Å²) >= 11 is 1.10. The Bertz CT molecular complexity index is 1230. The summed E-state index contributed by atoms with van der Waals surface area (Å²) < 4.78 is 27.9. The summed E-state index contributed by atoms with van der Waals surface area (Å²) in [4.78, 5) is 31.6. The third kappa shape index (κ3) is 5.44. The number of carbonyl (C=O) groups is 2. The molecule has 9 nitrogen and oxygen atoms in total. The number of aromatic nitrogens is 1. The molecule has 1 aromatic carbocycles. The summed E-state index contributed by atoms with van der Waals surface area (Å²) in [6, 6.07) is 12.6. The van der Waals surface area contributed by atoms with Crippen molar-refractivity contribution < 1.29 is 18.0 Å². The number of urea groups is 1. The Morgan fingerprint density at radius 1 is 1.12 bits per heavy atom. The van der Waals surface area contributed by atoms with E-state index in [4.69, 9.17) is 0 Å². The van der Waals surface area contributed by atoms with Crippen LogP contribution < -0.4 is 10.6 Å². The second kappa shape index (κ2) is 10.3. The molecule has 1 aliphatic rings. The molecule has 3 heterocycles. The summed E-state index contributed by atoms with van der Waals surface area (Å²) in [6.45, 7) is 2.25. The Morgan fingerprint density at radius 3 is 2.59 bits per heavy atom. The molecule has 0 radical (unpaired) electrons. The van der Waals surface area contributed by atoms with Crippen LogP contribution in [0.3, 0.4) is 0 Å². The van der Waals surface area contributed by atoms with Crippen LogP contribution in [0.2, 0.25) is 0 Å². The fraction of sp³-hybridized carbons (Fsp3) is 0.261. The molecule has 0 aliphatic carbocycles. The van der Waals surface area contributed by atoms with Gasteiger partial charge in [-0.15, -0.1) is 11.3 Å². The number of amides is 3. The predicted octanol–water partition coefficient (Wildman–Crippen LogP) is 2.67. The van der Waals surface area contributed by atoms with E-state index in [1.807, 2.05) is 25.1 Å². The van der Waals surface area contributed by atoms with Gasteiger partial charge in [0.05, 0.1) is 0 Å². The minimum absolute atomic E-state index is 0.00648. The van der Waals surface area contributed by atoms with E-state index in [2.05, 4.69) is 15.6 Å². The second-order valence-corrected chi connectivity index (χ2v) is 11.0. The molecule has 3 aromatic rings. The van der Waals surface area contributed by atoms with Gasteiger partial charge in [0.1, 0.15) is 10.3 Å². The zero-order chi connectivity index (χ0) is 24.1. The SMILES string of the molecule is Cc1ccc(NC(=O)N2CCN(S(=O)(=O)c3cccs3)C(C(=O)NCc3cccnc3)C2)cc1. The highest BCUT2D eigenvalue weighted by molar-refractivity contribution is 7.91. The van der Waals surface area contributed by atoms with Crippen LogP contribution in [0.25, 0.3) is 0 Å². The van der Waals surface area contributed by atoms with Gasteiger partial charge in [0.2, 0.25) is 5.91 Å². The van der Waals surface area contributed by atoms with E-state index in [0.29, 0.717) is 5.69 Å². The number of pyridine rings is 1. The van der Waals surface area contributed by atoms with Gasteiger partial charge in [0, 0.05) is 44.3 Å². The van der Waals surface area contributed by atoms with Crippen LogP contribution >= 0.6 is 11.3 Å². The van der Waals surface area contributed by atoms with Crippen LogP contribution in [-0.2, 0) is 21.4 Å². The summed E-state index contributed by atoms with van der Waals surface area (Å²) in [7, 11) is -3.89. The minimum atomic E-state index is -3.89. The van der Waals surface area contributed by atoms with Crippen molar-refractivity contribution in [3.63, 3.8) is 0 Å². The van der Waals surface area contributed by atoms with Gasteiger partial charge in [0.25, 0.3) is 10.0 Å². The summed E-state index contributed by atoms with van der Waals surface area (Å²) in [5, 5.41) is 7.29. The fourth-order valence-corrected chi connectivity index (χ4v) is 6.32. The van der Waals surface area contributed by atoms with E-state index in [0.717, 1.165) is 22.5 Å². The molecule has 1 unspecified atom stereocenters. The second-order valence-electron chi connectivity index (χ2n) is 7.88. The lowest BCUT2D eigenvalue weighted by atomic mass is 10.2. The molecule has 1 aliphatic heterocycles. The molecule has 1 saturated heterocycles. The van der Waals surface area contributed by atoms with Crippen molar-refractivity contribution >= 4 is 39.0 Å². The van der Waals surface area contributed by atoms with Crippen molar-refractivity contribution in [2.75, 3.05) is 25.0 Å². The first-order chi connectivity index (χ1) is 16.3. The lowest BCUT2D eigenvalue weighted by Crippen LogP contribution is -2.61. The first-order valence-electron chi connectivity index (χ1n) is 10.7. The van der Waals surface area contributed by atoms with E-state index in [1.165, 1.54) is 15.3 Å². The van der Waals surface area contributed by atoms with E-state index in [-0.39, 0.29) is 36.4 Å². The van der Waals surface area contributed by atoms with Gasteiger partial charge in [-0.2, -0.15) is 4.31 Å². The number of hydrogen-bond donors (Lipinski definition) is 2. The van der Waals surface area contributed by atoms with Crippen LogP contribution in [0.5, 0.6) is 0 Å². The van der Waals surface area contributed by atoms with Crippen LogP contribution in [-0.4, -0.2) is 60.2 Å². The molecule has 0 bridgehead atoms. The highest BCUT2D eigenvalue weighted by Gasteiger charge is 2.41. The van der Waals surface area contributed by atoms with Crippen molar-refractivity contribution in [1.29, 1.82) is 0 Å². The van der Waals surface area contributed by atoms with E-state index in [1.54, 1.807) is 42.0 Å². The Kier molecular flexibility index (Phi) is 7.25. The molecule has 4 rings (SSSR count). The van der Waals surface area contributed by atoms with Crippen LogP contribution in [0.4, 0.5) is 10.5 Å². The van der Waals surface area contributed by atoms with Crippen molar-refractivity contribution in [3.8, 4) is 0 Å². The Morgan fingerprint density at radius 2 is 1.91 bits per heavy atom. The molecule has 1 atom stereocenters. The zero-order valence-corrected chi connectivity index (χ0v) is 20.2. The van der Waals surface area contributed by atoms with Crippen molar-refractivity contribution in [1.82, 2.24) is 19.5 Å². The summed E-state index contributed by atoms with van der Waals surface area (Å²) in [5.41, 5.74) is 2.48. The van der Waals surface area contributed by atoms with Crippen molar-refractivity contribution in [3.05, 3.63) is 77.4 Å². The van der Waals surface area contributed by atoms with E-state index in [9.17, 15) is 18.0 Å². The molecule has 0 saturated carbocycles. The van der Waals surface area contributed by atoms with Gasteiger partial charge in [-0.3, -0.25) is 9.78 Å². The first kappa shape index (κ1) is 23.9. The number of benzene rings is 1. The third-order valence-electron chi connectivity index (χ3n) is 5.47. The standard InChI is InChI=1S/C23H25N5O4S2/c1-17-6-8-19(9-7-17)26-23(30)27-11-12-28(34(31,32)21-5-3-13-33-21)20(16-27)22(29)25-15-18-4-2-10-24-14-18/h2-10,13-14,20H,11-12,15-16H2,1H3,(H,25,29)(H,26,30). The molecule has 3 amide bonds. The van der Waals surface area contributed by atoms with Crippen LogP contribution in [0.1, 0.15) is 11.1 Å². The monoisotopic (exact) mass is 499 g/mol. The molecule has 11 heteroatoms. The largest absolute Gasteiger partial charge is 0.351 e. The van der Waals surface area contributed by atoms with Gasteiger partial charge in [-0.05, 0) is 42.1 Å². The Balaban J connectivity index is 1.52. The van der Waals surface area contributed by atoms with E-state index < -0.39 is 22.0 Å². The average Bonchev–Trinajstić information content (AvgIpc) is 3.40. The average molecular weight is 500 g/mol. The van der Waals surface area contributed by atoms with Crippen molar-refractivity contribution in [2.45, 2.75) is 23.7 Å². The molecule has 0 spiro atoms. The third-order valence-corrected chi connectivity index (χ3v) is 8.75. The number of hydrogen-bond acceptors (Lipinski definition) is 6. The smallest absolute Gasteiger partial charge is 0.321 e. The maximum Gasteiger partial charge on any atom is 0.321 e. The number of thiophene rings is 1. The number of sulfonamides is 1. The normalized spacial score (nSPS) is 16.7. The summed E-state index contributed by atoms with van der Waals surface area (Å²) in [6.07, 6.45) is 3.26. The number of rotatable bonds is 6. The molecule has 2 aromatic heterocycles. The van der Waals surface area contributed by atoms with Gasteiger partial charge in [-0.1, -0.05) is 29.8 Å². The number of nitrogens with one attached hydrogen (secondary N) is 2. The number of piperazine rings is 1. The van der Waals surface area contributed by atoms with Crippen LogP contribution in [0, 0.1) is 6.92 Å². The first-order valence-corrected chi connectivity index (χ1v) is 13.0. The number of carbonyl (C=O) groups excluding carboxylic acids is 2. The summed E-state index contributed by atoms with van der Waals surface area (Å²) in [5.74, 6) is -0.475. The number of aryl methyl sites for hydroxylation is 1. The topological polar surface area (TPSA) is 112 Å². The van der Waals surface area contributed by atoms with Gasteiger partial charge >= 0.3 is 6.03 Å². The zero-order valence-electron chi connectivity index (χ0n) is 18.5. The molecule has 1 fully saturated rings. The van der Waals surface area contributed by atoms with Gasteiger partial charge in [0.15, 0.2) is 0 Å². The Hall–Kier alpha value is -3.28. The van der Waals surface area contributed by atoms with Gasteiger partial charge < -0.3 is 15.5 Å². The molecular weight excluding hydrogens is 474 g/mol. The minimum Gasteiger partial charge on any atom is -0.351 e. The molecule has 2 N–H and O–H groups in total. The highest BCUT2D eigenvalue weighted by Crippen LogP contribution is 2.25. The maximum absolute atomic E-state index is 13.3. The maximum atomic E-state index is 13.3. The van der Waals surface area contributed by atoms with Gasteiger partial charge in [-0.25, -0.2) is 13.2 Å². The molecule has 34 heavy (non-hydrogen) atoms. The predicted molar refractivity (Wildman–Crippen MR) is 130 cm³/mol. The van der Waals surface area contributed by atoms with Crippen molar-refractivity contribution in [2.24, 2.45) is 0 Å². The molecule has 178 valence electrons. The van der Waals surface area contributed by atoms with Crippen LogP contribution in [0.15, 0.2) is 70.5 Å². The highest BCUT2D eigenvalue weighted by atomic mass is 32.2. The lowest BCUT2D eigenvalue weighted by molar-refractivity contribution is -0.126.